The number of benzene rings is 1. The van der Waals surface area contributed by atoms with Gasteiger partial charge < -0.3 is 0 Å². The predicted octanol–water partition coefficient (Wildman–Crippen LogP) is 2.88. The molecule has 19 heavy (non-hydrogen) atoms. The minimum absolute atomic E-state index is 0.320. The lowest BCUT2D eigenvalue weighted by atomic mass is 10.2. The quantitative estimate of drug-likeness (QED) is 0.861. The Morgan fingerprint density at radius 2 is 2.11 bits per heavy atom. The molecule has 0 amide bonds. The molecule has 0 saturated carbocycles. The SMILES string of the molecule is Cc1ccc(S(=O)Cc2cccnc2C#N)c(C)c1. The zero-order chi connectivity index (χ0) is 13.8. The summed E-state index contributed by atoms with van der Waals surface area (Å²) >= 11 is 0. The first-order chi connectivity index (χ1) is 9.11. The molecule has 3 nitrogen and oxygen atoms in total. The summed E-state index contributed by atoms with van der Waals surface area (Å²) < 4.78 is 12.4. The monoisotopic (exact) mass is 270 g/mol. The van der Waals surface area contributed by atoms with Crippen molar-refractivity contribution in [3.63, 3.8) is 0 Å². The summed E-state index contributed by atoms with van der Waals surface area (Å²) in [7, 11) is -1.16. The summed E-state index contributed by atoms with van der Waals surface area (Å²) in [4.78, 5) is 4.80. The van der Waals surface area contributed by atoms with Crippen LogP contribution < -0.4 is 0 Å². The van der Waals surface area contributed by atoms with Crippen LogP contribution in [0.1, 0.15) is 22.4 Å². The van der Waals surface area contributed by atoms with Crippen LogP contribution >= 0.6 is 0 Å². The largest absolute Gasteiger partial charge is 0.254 e. The molecule has 1 aromatic heterocycles. The highest BCUT2D eigenvalue weighted by atomic mass is 32.2. The topological polar surface area (TPSA) is 53.8 Å². The van der Waals surface area contributed by atoms with E-state index in [9.17, 15) is 4.21 Å². The van der Waals surface area contributed by atoms with Crippen LogP contribution in [0.15, 0.2) is 41.4 Å². The predicted molar refractivity (Wildman–Crippen MR) is 75.0 cm³/mol. The van der Waals surface area contributed by atoms with E-state index in [0.29, 0.717) is 11.4 Å². The standard InChI is InChI=1S/C15H14N2OS/c1-11-5-6-15(12(2)8-11)19(18)10-13-4-3-7-17-14(13)9-16/h3-8H,10H2,1-2H3. The highest BCUT2D eigenvalue weighted by Crippen LogP contribution is 2.18. The fourth-order valence-electron chi connectivity index (χ4n) is 1.93. The maximum atomic E-state index is 12.4. The van der Waals surface area contributed by atoms with Gasteiger partial charge in [-0.15, -0.1) is 0 Å². The van der Waals surface area contributed by atoms with Gasteiger partial charge in [-0.3, -0.25) is 4.21 Å². The van der Waals surface area contributed by atoms with Gasteiger partial charge in [-0.2, -0.15) is 5.26 Å². The summed E-state index contributed by atoms with van der Waals surface area (Å²) in [5, 5.41) is 8.98. The van der Waals surface area contributed by atoms with Crippen LogP contribution in [0.4, 0.5) is 0 Å². The molecule has 0 aliphatic carbocycles. The Balaban J connectivity index is 2.29. The number of hydrogen-bond donors (Lipinski definition) is 0. The summed E-state index contributed by atoms with van der Waals surface area (Å²) in [5.74, 6) is 0.320. The van der Waals surface area contributed by atoms with Gasteiger partial charge >= 0.3 is 0 Å². The molecule has 1 aromatic carbocycles. The van der Waals surface area contributed by atoms with E-state index in [1.165, 1.54) is 0 Å². The van der Waals surface area contributed by atoms with E-state index >= 15 is 0 Å². The highest BCUT2D eigenvalue weighted by Gasteiger charge is 2.11. The van der Waals surface area contributed by atoms with E-state index in [4.69, 9.17) is 5.26 Å². The lowest BCUT2D eigenvalue weighted by Gasteiger charge is -2.07. The van der Waals surface area contributed by atoms with Gasteiger partial charge in [-0.25, -0.2) is 4.98 Å². The first-order valence-electron chi connectivity index (χ1n) is 5.91. The molecule has 1 atom stereocenters. The fourth-order valence-corrected chi connectivity index (χ4v) is 3.24. The molecule has 0 aliphatic heterocycles. The van der Waals surface area contributed by atoms with Crippen molar-refractivity contribution >= 4 is 10.8 Å². The summed E-state index contributed by atoms with van der Waals surface area (Å²) in [5.41, 5.74) is 3.24. The van der Waals surface area contributed by atoms with Crippen molar-refractivity contribution in [1.82, 2.24) is 4.98 Å². The molecule has 2 aromatic rings. The Morgan fingerprint density at radius 3 is 2.79 bits per heavy atom. The second-order valence-electron chi connectivity index (χ2n) is 4.38. The summed E-state index contributed by atoms with van der Waals surface area (Å²) in [6.07, 6.45) is 1.57. The number of aromatic nitrogens is 1. The Kier molecular flexibility index (Phi) is 4.08. The van der Waals surface area contributed by atoms with Gasteiger partial charge in [-0.1, -0.05) is 23.8 Å². The van der Waals surface area contributed by atoms with E-state index in [1.54, 1.807) is 18.3 Å². The molecule has 4 heteroatoms. The molecular weight excluding hydrogens is 256 g/mol. The van der Waals surface area contributed by atoms with Crippen LogP contribution in [0, 0.1) is 25.2 Å². The average molecular weight is 270 g/mol. The lowest BCUT2D eigenvalue weighted by molar-refractivity contribution is 0.682. The lowest BCUT2D eigenvalue weighted by Crippen LogP contribution is -2.02. The average Bonchev–Trinajstić information content (AvgIpc) is 2.39. The van der Waals surface area contributed by atoms with Crippen molar-refractivity contribution in [2.24, 2.45) is 0 Å². The summed E-state index contributed by atoms with van der Waals surface area (Å²) in [6.45, 7) is 3.96. The van der Waals surface area contributed by atoms with Gasteiger partial charge in [0.25, 0.3) is 0 Å². The first-order valence-corrected chi connectivity index (χ1v) is 7.23. The maximum Gasteiger partial charge on any atom is 0.144 e. The number of pyridine rings is 1. The Hall–Kier alpha value is -1.99. The Labute approximate surface area is 115 Å². The zero-order valence-corrected chi connectivity index (χ0v) is 11.7. The van der Waals surface area contributed by atoms with Gasteiger partial charge in [0.05, 0.1) is 16.6 Å². The highest BCUT2D eigenvalue weighted by molar-refractivity contribution is 7.84. The Bertz CT molecular complexity index is 674. The minimum Gasteiger partial charge on any atom is -0.254 e. The van der Waals surface area contributed by atoms with E-state index in [1.807, 2.05) is 38.1 Å². The van der Waals surface area contributed by atoms with Crippen LogP contribution in [0.2, 0.25) is 0 Å². The maximum absolute atomic E-state index is 12.4. The van der Waals surface area contributed by atoms with Crippen LogP contribution in [0.3, 0.4) is 0 Å². The van der Waals surface area contributed by atoms with Crippen LogP contribution in [0.25, 0.3) is 0 Å². The second-order valence-corrected chi connectivity index (χ2v) is 5.80. The van der Waals surface area contributed by atoms with Crippen molar-refractivity contribution in [1.29, 1.82) is 5.26 Å². The van der Waals surface area contributed by atoms with E-state index < -0.39 is 10.8 Å². The van der Waals surface area contributed by atoms with E-state index in [0.717, 1.165) is 21.6 Å². The van der Waals surface area contributed by atoms with Crippen molar-refractivity contribution in [3.8, 4) is 6.07 Å². The molecule has 0 N–H and O–H groups in total. The second kappa shape index (κ2) is 5.77. The van der Waals surface area contributed by atoms with E-state index in [-0.39, 0.29) is 0 Å². The van der Waals surface area contributed by atoms with Crippen molar-refractivity contribution in [3.05, 3.63) is 58.9 Å². The van der Waals surface area contributed by atoms with Crippen molar-refractivity contribution in [2.45, 2.75) is 24.5 Å². The van der Waals surface area contributed by atoms with Crippen molar-refractivity contribution < 1.29 is 4.21 Å². The van der Waals surface area contributed by atoms with Gasteiger partial charge in [0.1, 0.15) is 11.8 Å². The molecule has 96 valence electrons. The van der Waals surface area contributed by atoms with Gasteiger partial charge in [0.15, 0.2) is 0 Å². The fraction of sp³-hybridized carbons (Fsp3) is 0.200. The van der Waals surface area contributed by atoms with Crippen LogP contribution in [0.5, 0.6) is 0 Å². The molecule has 0 fully saturated rings. The molecule has 1 heterocycles. The number of hydrogen-bond acceptors (Lipinski definition) is 3. The molecule has 0 saturated heterocycles. The molecule has 2 rings (SSSR count). The third-order valence-corrected chi connectivity index (χ3v) is 4.38. The molecule has 0 bridgehead atoms. The molecule has 0 spiro atoms. The molecular formula is C15H14N2OS. The molecule has 1 unspecified atom stereocenters. The van der Waals surface area contributed by atoms with Gasteiger partial charge in [0, 0.05) is 16.7 Å². The van der Waals surface area contributed by atoms with E-state index in [2.05, 4.69) is 4.98 Å². The number of nitriles is 1. The summed E-state index contributed by atoms with van der Waals surface area (Å²) in [6, 6.07) is 11.4. The third-order valence-electron chi connectivity index (χ3n) is 2.86. The number of rotatable bonds is 3. The molecule has 0 radical (unpaired) electrons. The molecule has 0 aliphatic rings. The van der Waals surface area contributed by atoms with Crippen molar-refractivity contribution in [2.75, 3.05) is 0 Å². The number of aryl methyl sites for hydroxylation is 2. The first kappa shape index (κ1) is 13.4. The smallest absolute Gasteiger partial charge is 0.144 e. The van der Waals surface area contributed by atoms with Gasteiger partial charge in [0.2, 0.25) is 0 Å². The number of nitrogens with zero attached hydrogens (tertiary/aromatic N) is 2. The van der Waals surface area contributed by atoms with Crippen LogP contribution in [-0.4, -0.2) is 9.19 Å². The third kappa shape index (κ3) is 3.07. The Morgan fingerprint density at radius 1 is 1.32 bits per heavy atom. The normalized spacial score (nSPS) is 11.8. The van der Waals surface area contributed by atoms with Gasteiger partial charge in [-0.05, 0) is 31.5 Å². The van der Waals surface area contributed by atoms with Crippen LogP contribution in [-0.2, 0) is 16.6 Å². The minimum atomic E-state index is -1.16. The zero-order valence-electron chi connectivity index (χ0n) is 10.9.